The van der Waals surface area contributed by atoms with Gasteiger partial charge in [0.1, 0.15) is 18.0 Å². The first-order valence-electron chi connectivity index (χ1n) is 14.3. The summed E-state index contributed by atoms with van der Waals surface area (Å²) < 4.78 is 83.3. The fourth-order valence-corrected chi connectivity index (χ4v) is 5.68. The molecule has 1 aromatic carbocycles. The van der Waals surface area contributed by atoms with Crippen LogP contribution in [0.4, 0.5) is 32.4 Å². The Labute approximate surface area is 258 Å². The topological polar surface area (TPSA) is 112 Å². The third kappa shape index (κ3) is 6.37. The Morgan fingerprint density at radius 2 is 1.72 bits per heavy atom. The first-order chi connectivity index (χ1) is 22.0. The van der Waals surface area contributed by atoms with Crippen molar-refractivity contribution in [2.24, 2.45) is 0 Å². The molecule has 1 aliphatic heterocycles. The number of nitrogens with zero attached hydrogens (tertiary/aromatic N) is 6. The normalized spacial score (nSPS) is 18.9. The lowest BCUT2D eigenvalue weighted by Gasteiger charge is -2.33. The number of anilines is 1. The van der Waals surface area contributed by atoms with Gasteiger partial charge in [-0.25, -0.2) is 14.5 Å². The molecule has 11 nitrogen and oxygen atoms in total. The minimum atomic E-state index is -4.65. The monoisotopic (exact) mass is 646 g/mol. The number of hydrogen-bond acceptors (Lipinski definition) is 8. The van der Waals surface area contributed by atoms with E-state index in [0.717, 1.165) is 27.6 Å². The van der Waals surface area contributed by atoms with E-state index in [-0.39, 0.29) is 36.1 Å². The number of ether oxygens (including phenoxy) is 3. The summed E-state index contributed by atoms with van der Waals surface area (Å²) in [5, 5.41) is 4.43. The molecule has 0 unspecified atom stereocenters. The lowest BCUT2D eigenvalue weighted by molar-refractivity contribution is -0.137. The van der Waals surface area contributed by atoms with Gasteiger partial charge in [0, 0.05) is 12.2 Å². The van der Waals surface area contributed by atoms with Crippen LogP contribution in [-0.2, 0) is 17.5 Å². The number of carbonyl (C=O) groups excluding carboxylic acids is 2. The van der Waals surface area contributed by atoms with E-state index in [9.17, 15) is 31.5 Å². The van der Waals surface area contributed by atoms with Crippen LogP contribution in [0.25, 0.3) is 11.0 Å². The van der Waals surface area contributed by atoms with E-state index in [0.29, 0.717) is 49.0 Å². The Kier molecular flexibility index (Phi) is 8.35. The van der Waals surface area contributed by atoms with Gasteiger partial charge < -0.3 is 14.2 Å². The van der Waals surface area contributed by atoms with Crippen LogP contribution in [0.3, 0.4) is 0 Å². The van der Waals surface area contributed by atoms with Gasteiger partial charge in [-0.05, 0) is 55.5 Å². The molecule has 2 aliphatic rings. The van der Waals surface area contributed by atoms with Gasteiger partial charge in [0.15, 0.2) is 5.65 Å². The van der Waals surface area contributed by atoms with Crippen LogP contribution in [0, 0.1) is 0 Å². The van der Waals surface area contributed by atoms with E-state index in [2.05, 4.69) is 19.8 Å². The van der Waals surface area contributed by atoms with Crippen molar-refractivity contribution in [3.8, 4) is 17.4 Å². The molecule has 0 spiro atoms. The van der Waals surface area contributed by atoms with E-state index in [1.165, 1.54) is 16.9 Å². The number of benzene rings is 1. The van der Waals surface area contributed by atoms with Crippen LogP contribution >= 0.6 is 0 Å². The molecule has 6 rings (SSSR count). The Morgan fingerprint density at radius 1 is 0.978 bits per heavy atom. The van der Waals surface area contributed by atoms with Crippen LogP contribution < -0.4 is 19.1 Å². The van der Waals surface area contributed by atoms with Crippen molar-refractivity contribution in [3.63, 3.8) is 0 Å². The summed E-state index contributed by atoms with van der Waals surface area (Å²) in [5.41, 5.74) is 0.0102. The first-order valence-corrected chi connectivity index (χ1v) is 14.3. The van der Waals surface area contributed by atoms with Gasteiger partial charge in [-0.1, -0.05) is 12.1 Å². The predicted octanol–water partition coefficient (Wildman–Crippen LogP) is 5.66. The molecule has 3 amide bonds. The first kappa shape index (κ1) is 31.0. The fourth-order valence-electron chi connectivity index (χ4n) is 5.68. The molecular formula is C30H27F5N6O5. The van der Waals surface area contributed by atoms with Crippen LogP contribution in [0.1, 0.15) is 36.8 Å². The van der Waals surface area contributed by atoms with E-state index < -0.39 is 36.3 Å². The maximum atomic E-state index is 13.2. The number of urea groups is 1. The van der Waals surface area contributed by atoms with Gasteiger partial charge in [0.2, 0.25) is 5.88 Å². The smallest absolute Gasteiger partial charge is 0.417 e. The summed E-state index contributed by atoms with van der Waals surface area (Å²) in [6.07, 6.45) is -0.0765. The second-order valence-corrected chi connectivity index (χ2v) is 10.8. The number of rotatable bonds is 9. The van der Waals surface area contributed by atoms with Crippen LogP contribution in [0.15, 0.2) is 55.0 Å². The number of alkyl halides is 5. The highest BCUT2D eigenvalue weighted by molar-refractivity contribution is 6.12. The van der Waals surface area contributed by atoms with Gasteiger partial charge in [0.25, 0.3) is 5.91 Å². The lowest BCUT2D eigenvalue weighted by atomic mass is 9.92. The average Bonchev–Trinajstić information content (AvgIpc) is 3.52. The number of carbonyl (C=O) groups is 2. The number of halogens is 5. The molecule has 1 saturated carbocycles. The van der Waals surface area contributed by atoms with Crippen LogP contribution in [-0.4, -0.2) is 69.0 Å². The highest BCUT2D eigenvalue weighted by Crippen LogP contribution is 2.35. The Hall–Kier alpha value is -5.02. The average molecular weight is 647 g/mol. The second kappa shape index (κ2) is 12.4. The summed E-state index contributed by atoms with van der Waals surface area (Å²) in [6.45, 7) is -3.26. The van der Waals surface area contributed by atoms with Crippen molar-refractivity contribution in [2.45, 2.75) is 57.2 Å². The molecule has 16 heteroatoms. The Balaban J connectivity index is 1.12. The van der Waals surface area contributed by atoms with Gasteiger partial charge >= 0.3 is 18.8 Å². The zero-order valence-corrected chi connectivity index (χ0v) is 24.3. The van der Waals surface area contributed by atoms with E-state index in [1.807, 2.05) is 12.1 Å². The standard InChI is InChI=1S/C30H27F5N6O5/c1-44-21-6-2-17(3-7-21)15-40-26-24(27(38-40)46-28(31)32)11-23(14-37-26)45-22-8-4-19(5-9-22)41-25(42)16-39(29(41)43)20-10-18(12-36-13-20)30(33,34)35/h2-3,6-7,10-14,19,22,28H,4-5,8-9,15-16H2,1H3/t19-,22-. The van der Waals surface area contributed by atoms with E-state index in [1.54, 1.807) is 19.2 Å². The molecule has 0 N–H and O–H groups in total. The van der Waals surface area contributed by atoms with Crippen LogP contribution in [0.2, 0.25) is 0 Å². The fraction of sp³-hybridized carbons (Fsp3) is 0.367. The SMILES string of the molecule is COc1ccc(Cn2nc(OC(F)F)c3cc(O[C@H]4CC[C@H](N5C(=O)CN(c6cncc(C(F)(F)F)c6)C5=O)CC4)cnc32)cc1. The number of methoxy groups -OCH3 is 1. The number of imide groups is 1. The summed E-state index contributed by atoms with van der Waals surface area (Å²) in [7, 11) is 1.55. The van der Waals surface area contributed by atoms with Crippen molar-refractivity contribution in [1.29, 1.82) is 0 Å². The van der Waals surface area contributed by atoms with Gasteiger partial charge in [-0.2, -0.15) is 22.0 Å². The lowest BCUT2D eigenvalue weighted by Crippen LogP contribution is -2.44. The molecule has 4 aromatic rings. The number of amides is 3. The van der Waals surface area contributed by atoms with Gasteiger partial charge in [-0.15, -0.1) is 5.10 Å². The number of aromatic nitrogens is 4. The summed E-state index contributed by atoms with van der Waals surface area (Å²) >= 11 is 0. The second-order valence-electron chi connectivity index (χ2n) is 10.8. The largest absolute Gasteiger partial charge is 0.497 e. The highest BCUT2D eigenvalue weighted by Gasteiger charge is 2.43. The molecule has 3 aromatic heterocycles. The van der Waals surface area contributed by atoms with Gasteiger partial charge in [-0.3, -0.25) is 19.6 Å². The number of hydrogen-bond donors (Lipinski definition) is 0. The zero-order chi connectivity index (χ0) is 32.6. The third-order valence-corrected chi connectivity index (χ3v) is 7.89. The molecule has 2 fully saturated rings. The molecule has 4 heterocycles. The molecule has 0 bridgehead atoms. The molecule has 242 valence electrons. The molecule has 1 aliphatic carbocycles. The maximum absolute atomic E-state index is 13.2. The third-order valence-electron chi connectivity index (χ3n) is 7.89. The molecule has 46 heavy (non-hydrogen) atoms. The van der Waals surface area contributed by atoms with E-state index in [4.69, 9.17) is 9.47 Å². The number of fused-ring (bicyclic) bond motifs is 1. The highest BCUT2D eigenvalue weighted by atomic mass is 19.4. The number of pyridine rings is 2. The minimum Gasteiger partial charge on any atom is -0.497 e. The Bertz CT molecular complexity index is 1740. The van der Waals surface area contributed by atoms with Crippen molar-refractivity contribution in [3.05, 3.63) is 66.1 Å². The predicted molar refractivity (Wildman–Crippen MR) is 152 cm³/mol. The molecular weight excluding hydrogens is 619 g/mol. The van der Waals surface area contributed by atoms with Crippen molar-refractivity contribution < 1.29 is 45.8 Å². The van der Waals surface area contributed by atoms with Crippen LogP contribution in [0.5, 0.6) is 17.4 Å². The maximum Gasteiger partial charge on any atom is 0.417 e. The molecule has 0 atom stereocenters. The molecule has 0 radical (unpaired) electrons. The van der Waals surface area contributed by atoms with E-state index >= 15 is 0 Å². The van der Waals surface area contributed by atoms with Crippen molar-refractivity contribution in [2.75, 3.05) is 18.6 Å². The summed E-state index contributed by atoms with van der Waals surface area (Å²) in [6, 6.07) is 8.32. The summed E-state index contributed by atoms with van der Waals surface area (Å²) in [5.74, 6) is 0.153. The molecule has 1 saturated heterocycles. The zero-order valence-electron chi connectivity index (χ0n) is 24.3. The minimum absolute atomic E-state index is 0.113. The Morgan fingerprint density at radius 3 is 2.39 bits per heavy atom. The quantitative estimate of drug-likeness (QED) is 0.169. The van der Waals surface area contributed by atoms with Crippen molar-refractivity contribution >= 4 is 28.7 Å². The van der Waals surface area contributed by atoms with Gasteiger partial charge in [0.05, 0.1) is 48.8 Å². The van der Waals surface area contributed by atoms with Crippen molar-refractivity contribution in [1.82, 2.24) is 24.6 Å². The summed E-state index contributed by atoms with van der Waals surface area (Å²) in [4.78, 5) is 36.0.